The van der Waals surface area contributed by atoms with Crippen molar-refractivity contribution < 1.29 is 9.59 Å². The van der Waals surface area contributed by atoms with Crippen LogP contribution in [0.2, 0.25) is 0 Å². The molecule has 0 unspecified atom stereocenters. The van der Waals surface area contributed by atoms with Crippen LogP contribution in [0.1, 0.15) is 24.2 Å². The highest BCUT2D eigenvalue weighted by molar-refractivity contribution is 6.09. The molecule has 0 heterocycles. The second-order valence-electron chi connectivity index (χ2n) is 4.91. The molecule has 1 aromatic rings. The van der Waals surface area contributed by atoms with Gasteiger partial charge in [-0.15, -0.1) is 0 Å². The Labute approximate surface area is 113 Å². The number of allylic oxidation sites excluding steroid dienone is 2. The molecule has 1 amide bonds. The first-order valence-corrected chi connectivity index (χ1v) is 6.38. The average Bonchev–Trinajstić information content (AvgIpc) is 2.72. The van der Waals surface area contributed by atoms with Crippen LogP contribution in [0.25, 0.3) is 0 Å². The van der Waals surface area contributed by atoms with Gasteiger partial charge in [0.1, 0.15) is 0 Å². The van der Waals surface area contributed by atoms with Gasteiger partial charge in [-0.05, 0) is 24.1 Å². The molecule has 0 bridgehead atoms. The second kappa shape index (κ2) is 5.65. The van der Waals surface area contributed by atoms with E-state index in [1.807, 2.05) is 38.1 Å². The molecule has 1 aromatic carbocycles. The zero-order valence-electron chi connectivity index (χ0n) is 11.1. The molecule has 1 N–H and O–H groups in total. The summed E-state index contributed by atoms with van der Waals surface area (Å²) >= 11 is 0. The number of carbonyl (C=O) groups is 2. The van der Waals surface area contributed by atoms with E-state index < -0.39 is 0 Å². The maximum absolute atomic E-state index is 12.1. The molecular weight excluding hydrogens is 238 g/mol. The van der Waals surface area contributed by atoms with Crippen molar-refractivity contribution in [2.75, 3.05) is 0 Å². The van der Waals surface area contributed by atoms with E-state index in [1.54, 1.807) is 18.2 Å². The van der Waals surface area contributed by atoms with Crippen LogP contribution in [0.15, 0.2) is 54.1 Å². The van der Waals surface area contributed by atoms with E-state index in [0.717, 1.165) is 0 Å². The largest absolute Gasteiger partial charge is 0.342 e. The number of ketones is 1. The lowest BCUT2D eigenvalue weighted by Crippen LogP contribution is -2.34. The van der Waals surface area contributed by atoms with Gasteiger partial charge in [0.25, 0.3) is 5.91 Å². The molecule has 0 saturated heterocycles. The van der Waals surface area contributed by atoms with E-state index in [0.29, 0.717) is 11.1 Å². The van der Waals surface area contributed by atoms with E-state index in [9.17, 15) is 9.59 Å². The smallest absolute Gasteiger partial charge is 0.252 e. The lowest BCUT2D eigenvalue weighted by atomic mass is 10.0. The zero-order valence-corrected chi connectivity index (χ0v) is 11.1. The average molecular weight is 255 g/mol. The summed E-state index contributed by atoms with van der Waals surface area (Å²) in [6.45, 7) is 4.02. The molecule has 0 aliphatic heterocycles. The molecule has 0 spiro atoms. The minimum atomic E-state index is -0.317. The first-order valence-electron chi connectivity index (χ1n) is 6.38. The third-order valence-electron chi connectivity index (χ3n) is 2.90. The van der Waals surface area contributed by atoms with Crippen LogP contribution in [0.3, 0.4) is 0 Å². The Kier molecular flexibility index (Phi) is 3.95. The molecule has 2 rings (SSSR count). The molecule has 98 valence electrons. The number of hydrogen-bond donors (Lipinski definition) is 1. The van der Waals surface area contributed by atoms with Crippen LogP contribution < -0.4 is 5.32 Å². The van der Waals surface area contributed by atoms with Crippen LogP contribution in [-0.4, -0.2) is 17.7 Å². The molecule has 3 nitrogen and oxygen atoms in total. The lowest BCUT2D eigenvalue weighted by molar-refractivity contribution is -0.111. The first-order chi connectivity index (χ1) is 9.08. The summed E-state index contributed by atoms with van der Waals surface area (Å²) in [4.78, 5) is 23.8. The summed E-state index contributed by atoms with van der Waals surface area (Å²) in [7, 11) is 0. The van der Waals surface area contributed by atoms with Crippen molar-refractivity contribution in [3.8, 4) is 0 Å². The molecule has 1 aliphatic carbocycles. The van der Waals surface area contributed by atoms with E-state index in [1.165, 1.54) is 6.08 Å². The summed E-state index contributed by atoms with van der Waals surface area (Å²) in [5, 5.41) is 2.87. The molecule has 0 fully saturated rings. The summed E-state index contributed by atoms with van der Waals surface area (Å²) < 4.78 is 0. The van der Waals surface area contributed by atoms with Crippen LogP contribution in [0.4, 0.5) is 0 Å². The summed E-state index contributed by atoms with van der Waals surface area (Å²) in [6, 6.07) is 8.68. The van der Waals surface area contributed by atoms with E-state index in [-0.39, 0.29) is 23.7 Å². The van der Waals surface area contributed by atoms with Gasteiger partial charge in [0.2, 0.25) is 0 Å². The zero-order chi connectivity index (χ0) is 13.8. The van der Waals surface area contributed by atoms with Gasteiger partial charge < -0.3 is 5.32 Å². The number of nitrogens with one attached hydrogen (secondary N) is 1. The van der Waals surface area contributed by atoms with Gasteiger partial charge in [-0.1, -0.05) is 44.2 Å². The standard InChI is InChI=1S/C16H17NO2/c1-11(2)10-13-14(8-9-15(13)18)17-16(19)12-6-4-3-5-7-12/h3-11,14H,1-2H3,(H,17,19)/b13-10-/t14-/m1/s1. The van der Waals surface area contributed by atoms with Crippen molar-refractivity contribution >= 4 is 11.7 Å². The van der Waals surface area contributed by atoms with Crippen LogP contribution in [0, 0.1) is 5.92 Å². The number of hydrogen-bond acceptors (Lipinski definition) is 2. The van der Waals surface area contributed by atoms with Gasteiger partial charge in [0, 0.05) is 11.1 Å². The Morgan fingerprint density at radius 3 is 2.58 bits per heavy atom. The predicted octanol–water partition coefficient (Wildman–Crippen LogP) is 2.51. The van der Waals surface area contributed by atoms with Crippen molar-refractivity contribution in [2.24, 2.45) is 5.92 Å². The van der Waals surface area contributed by atoms with Gasteiger partial charge in [-0.2, -0.15) is 0 Å². The van der Waals surface area contributed by atoms with Crippen molar-refractivity contribution in [3.05, 3.63) is 59.7 Å². The van der Waals surface area contributed by atoms with Crippen LogP contribution in [-0.2, 0) is 4.79 Å². The van der Waals surface area contributed by atoms with Crippen molar-refractivity contribution in [1.82, 2.24) is 5.32 Å². The Balaban J connectivity index is 2.13. The minimum absolute atomic E-state index is 0.0212. The second-order valence-corrected chi connectivity index (χ2v) is 4.91. The molecule has 19 heavy (non-hydrogen) atoms. The number of rotatable bonds is 3. The number of benzene rings is 1. The highest BCUT2D eigenvalue weighted by atomic mass is 16.2. The molecule has 1 aliphatic rings. The highest BCUT2D eigenvalue weighted by Gasteiger charge is 2.24. The van der Waals surface area contributed by atoms with Gasteiger partial charge in [0.05, 0.1) is 6.04 Å². The van der Waals surface area contributed by atoms with E-state index in [2.05, 4.69) is 5.32 Å². The predicted molar refractivity (Wildman–Crippen MR) is 74.8 cm³/mol. The van der Waals surface area contributed by atoms with Gasteiger partial charge in [0.15, 0.2) is 5.78 Å². The third-order valence-corrected chi connectivity index (χ3v) is 2.90. The Hall–Kier alpha value is -2.16. The van der Waals surface area contributed by atoms with E-state index in [4.69, 9.17) is 0 Å². The monoisotopic (exact) mass is 255 g/mol. The van der Waals surface area contributed by atoms with Crippen molar-refractivity contribution in [1.29, 1.82) is 0 Å². The fraction of sp³-hybridized carbons (Fsp3) is 0.250. The fourth-order valence-corrected chi connectivity index (χ4v) is 2.02. The highest BCUT2D eigenvalue weighted by Crippen LogP contribution is 2.17. The van der Waals surface area contributed by atoms with Gasteiger partial charge in [-0.25, -0.2) is 0 Å². The van der Waals surface area contributed by atoms with Crippen molar-refractivity contribution in [3.63, 3.8) is 0 Å². The first kappa shape index (κ1) is 13.3. The summed E-state index contributed by atoms with van der Waals surface area (Å²) in [5.74, 6) is 0.0849. The Bertz CT molecular complexity index is 541. The Morgan fingerprint density at radius 1 is 1.26 bits per heavy atom. The van der Waals surface area contributed by atoms with Gasteiger partial charge >= 0.3 is 0 Å². The molecular formula is C16H17NO2. The van der Waals surface area contributed by atoms with Crippen LogP contribution >= 0.6 is 0 Å². The Morgan fingerprint density at radius 2 is 1.95 bits per heavy atom. The normalized spacial score (nSPS) is 20.3. The number of amides is 1. The summed E-state index contributed by atoms with van der Waals surface area (Å²) in [6.07, 6.45) is 5.15. The van der Waals surface area contributed by atoms with Crippen LogP contribution in [0.5, 0.6) is 0 Å². The van der Waals surface area contributed by atoms with Crippen molar-refractivity contribution in [2.45, 2.75) is 19.9 Å². The molecule has 0 saturated carbocycles. The topological polar surface area (TPSA) is 46.2 Å². The van der Waals surface area contributed by atoms with Gasteiger partial charge in [-0.3, -0.25) is 9.59 Å². The molecule has 0 radical (unpaired) electrons. The molecule has 1 atom stereocenters. The lowest BCUT2D eigenvalue weighted by Gasteiger charge is -2.14. The molecule has 0 aromatic heterocycles. The van der Waals surface area contributed by atoms with E-state index >= 15 is 0 Å². The quantitative estimate of drug-likeness (QED) is 0.843. The molecule has 3 heteroatoms. The summed E-state index contributed by atoms with van der Waals surface area (Å²) in [5.41, 5.74) is 1.25. The minimum Gasteiger partial charge on any atom is -0.342 e. The fourth-order valence-electron chi connectivity index (χ4n) is 2.02. The maximum Gasteiger partial charge on any atom is 0.252 e. The SMILES string of the molecule is CC(C)/C=C1\C(=O)C=C[C@H]1NC(=O)c1ccccc1. The maximum atomic E-state index is 12.1. The third kappa shape index (κ3) is 3.19. The number of carbonyl (C=O) groups excluding carboxylic acids is 2.